The molecule has 0 unspecified atom stereocenters. The molecule has 0 radical (unpaired) electrons. The fourth-order valence-electron chi connectivity index (χ4n) is 17.2. The van der Waals surface area contributed by atoms with E-state index in [1.165, 1.54) is 0 Å². The predicted molar refractivity (Wildman–Crippen MR) is 395 cm³/mol. The number of rotatable bonds is 0. The lowest BCUT2D eigenvalue weighted by Crippen LogP contribution is -2.25. The van der Waals surface area contributed by atoms with Crippen LogP contribution in [0, 0.1) is 43.3 Å². The number of phenols is 8. The molecule has 0 amide bonds. The van der Waals surface area contributed by atoms with E-state index in [0.717, 1.165) is 0 Å². The Kier molecular flexibility index (Phi) is 19.0. The molecule has 16 bridgehead atoms. The zero-order valence-electron chi connectivity index (χ0n) is 62.1. The Bertz CT molecular complexity index is 3190. The van der Waals surface area contributed by atoms with Crippen molar-refractivity contribution in [3.63, 3.8) is 0 Å². The summed E-state index contributed by atoms with van der Waals surface area (Å²) in [5.74, 6) is -4.12. The molecule has 0 heterocycles. The summed E-state index contributed by atoms with van der Waals surface area (Å²) in [5.41, 5.74) is 5.04. The minimum atomic E-state index is -0.593. The molecule has 9 rings (SSSR count). The smallest absolute Gasteiger partial charge is 0.123 e. The van der Waals surface area contributed by atoms with Gasteiger partial charge in [0.1, 0.15) is 46.0 Å². The van der Waals surface area contributed by atoms with Crippen LogP contribution >= 0.6 is 0 Å². The monoisotopic (exact) mass is 1300 g/mol. The zero-order chi connectivity index (χ0) is 71.4. The van der Waals surface area contributed by atoms with Crippen LogP contribution in [-0.4, -0.2) is 40.9 Å². The van der Waals surface area contributed by atoms with E-state index in [4.69, 9.17) is 0 Å². The van der Waals surface area contributed by atoms with Gasteiger partial charge in [-0.25, -0.2) is 0 Å². The van der Waals surface area contributed by atoms with Gasteiger partial charge in [-0.1, -0.05) is 312 Å². The highest BCUT2D eigenvalue weighted by molar-refractivity contribution is 5.65. The van der Waals surface area contributed by atoms with Crippen LogP contribution in [0.3, 0.4) is 0 Å². The Morgan fingerprint density at radius 2 is 0.208 bits per heavy atom. The average Bonchev–Trinajstić information content (AvgIpc) is 0.755. The highest BCUT2D eigenvalue weighted by Crippen LogP contribution is 2.61. The Hall–Kier alpha value is -7.84. The second-order valence-corrected chi connectivity index (χ2v) is 36.7. The van der Waals surface area contributed by atoms with Gasteiger partial charge >= 0.3 is 0 Å². The number of hydrogen-bond acceptors (Lipinski definition) is 8. The zero-order valence-corrected chi connectivity index (χ0v) is 62.1. The van der Waals surface area contributed by atoms with Crippen molar-refractivity contribution < 1.29 is 40.9 Å². The first-order valence-electron chi connectivity index (χ1n) is 34.7. The van der Waals surface area contributed by atoms with Gasteiger partial charge in [0.05, 0.1) is 0 Å². The van der Waals surface area contributed by atoms with Crippen molar-refractivity contribution in [3.8, 4) is 46.0 Å². The van der Waals surface area contributed by atoms with Crippen LogP contribution in [0.5, 0.6) is 46.0 Å². The molecular formula is C88H112O8. The molecule has 0 aromatic heterocycles. The van der Waals surface area contributed by atoms with E-state index in [2.05, 4.69) is 166 Å². The maximum atomic E-state index is 13.3. The molecular weight excluding hydrogens is 1180 g/mol. The molecule has 8 aromatic carbocycles. The van der Waals surface area contributed by atoms with Crippen molar-refractivity contribution in [3.05, 3.63) is 235 Å². The van der Waals surface area contributed by atoms with Crippen molar-refractivity contribution in [2.24, 2.45) is 43.3 Å². The van der Waals surface area contributed by atoms with Crippen molar-refractivity contribution >= 4 is 0 Å². The van der Waals surface area contributed by atoms with Gasteiger partial charge in [-0.2, -0.15) is 0 Å². The van der Waals surface area contributed by atoms with Crippen LogP contribution in [-0.2, 0) is 0 Å². The molecule has 8 aromatic rings. The van der Waals surface area contributed by atoms with E-state index >= 15 is 0 Å². The first-order chi connectivity index (χ1) is 44.1. The lowest BCUT2D eigenvalue weighted by Gasteiger charge is -2.39. The highest BCUT2D eigenvalue weighted by Gasteiger charge is 2.45. The molecule has 0 atom stereocenters. The van der Waals surface area contributed by atoms with Gasteiger partial charge in [-0.3, -0.25) is 0 Å². The van der Waals surface area contributed by atoms with Crippen LogP contribution in [0.1, 0.15) is 303 Å². The van der Waals surface area contributed by atoms with E-state index < -0.39 is 90.7 Å². The van der Waals surface area contributed by atoms with Crippen LogP contribution < -0.4 is 0 Å². The first-order valence-corrected chi connectivity index (χ1v) is 34.7. The summed E-state index contributed by atoms with van der Waals surface area (Å²) in [6, 6.07) is 46.7. The predicted octanol–water partition coefficient (Wildman–Crippen LogP) is 23.1. The number of hydrogen-bond donors (Lipinski definition) is 8. The Balaban J connectivity index is 1.41. The second kappa shape index (κ2) is 25.2. The van der Waals surface area contributed by atoms with Crippen LogP contribution in [0.4, 0.5) is 0 Å². The van der Waals surface area contributed by atoms with E-state index in [-0.39, 0.29) is 46.0 Å². The normalized spacial score (nSPS) is 20.4. The molecule has 1 aliphatic rings. The summed E-state index contributed by atoms with van der Waals surface area (Å²) in [6.07, 6.45) is 0. The summed E-state index contributed by atoms with van der Waals surface area (Å²) in [7, 11) is 0. The second-order valence-electron chi connectivity index (χ2n) is 36.7. The van der Waals surface area contributed by atoms with Crippen LogP contribution in [0.2, 0.25) is 0 Å². The van der Waals surface area contributed by atoms with Crippen LogP contribution in [0.15, 0.2) is 146 Å². The summed E-state index contributed by atoms with van der Waals surface area (Å²) in [4.78, 5) is 0. The lowest BCUT2D eigenvalue weighted by molar-refractivity contribution is 0.311. The molecule has 0 saturated heterocycles. The van der Waals surface area contributed by atoms with E-state index in [9.17, 15) is 40.9 Å². The van der Waals surface area contributed by atoms with Gasteiger partial charge in [0.25, 0.3) is 0 Å². The van der Waals surface area contributed by atoms with Gasteiger partial charge in [0.15, 0.2) is 0 Å². The number of para-hydroxylation sites is 8. The van der Waals surface area contributed by atoms with E-state index in [1.54, 1.807) is 0 Å². The summed E-state index contributed by atoms with van der Waals surface area (Å²) in [5, 5.41) is 106. The quantitative estimate of drug-likeness (QED) is 0.0744. The maximum absolute atomic E-state index is 13.3. The fraction of sp³-hybridized carbons (Fsp3) is 0.455. The Morgan fingerprint density at radius 1 is 0.146 bits per heavy atom. The third kappa shape index (κ3) is 13.4. The van der Waals surface area contributed by atoms with Gasteiger partial charge in [-0.05, 0) is 43.3 Å². The van der Waals surface area contributed by atoms with Crippen molar-refractivity contribution in [2.75, 3.05) is 0 Å². The Morgan fingerprint density at radius 3 is 0.260 bits per heavy atom. The minimum absolute atomic E-state index is 0.0574. The molecule has 0 spiro atoms. The highest BCUT2D eigenvalue weighted by atomic mass is 16.3. The molecule has 8 heteroatoms. The molecule has 0 saturated carbocycles. The number of phenolic OH excluding ortho intramolecular Hbond substituents is 8. The summed E-state index contributed by atoms with van der Waals surface area (Å²) >= 11 is 0. The number of benzene rings is 8. The average molecular weight is 1300 g/mol. The largest absolute Gasteiger partial charge is 0.507 e. The number of aromatic hydroxyl groups is 8. The summed E-state index contributed by atoms with van der Waals surface area (Å²) in [6.45, 7) is 50.7. The third-order valence-electron chi connectivity index (χ3n) is 20.7. The standard InChI is InChI=1S/C88H112O8/c1-81(2,3)65-49-33-25-35-51(73(49)89)66(82(4,5)6)53-37-27-39-55(75(53)91)68(84(10,11)12)57-41-29-43-59(77(57)93)70(86(16,17)18)61-45-31-47-63(79(61)95)72(88(22,23)24)64-48-32-46-62(80(64)96)71(87(19,20)21)60-44-30-42-58(78(60)94)69(85(13,14)15)56-40-28-38-54(76(56)92)67(83(7,8)9)52-36-26-34-50(65)74(52)90/h25-48,65-72,89-96H,1-24H3. The maximum Gasteiger partial charge on any atom is 0.123 e. The van der Waals surface area contributed by atoms with Gasteiger partial charge in [0, 0.05) is 136 Å². The topological polar surface area (TPSA) is 162 Å². The molecule has 1 aliphatic carbocycles. The fourth-order valence-corrected chi connectivity index (χ4v) is 17.2. The molecule has 512 valence electrons. The first kappa shape index (κ1) is 72.4. The van der Waals surface area contributed by atoms with Crippen molar-refractivity contribution in [1.82, 2.24) is 0 Å². The SMILES string of the molecule is CC(C)(C)C1c2cccc(c2O)C(C(C)(C)C)c2cccc(c2O)C(C(C)(C)C)c2cccc(c2O)C(C(C)(C)C)c2cccc(c2O)C(C(C)(C)C)c2cccc(c2O)C(C(C)(C)C)c2cccc(c2O)C(C(C)(C)C)c2cccc(c2O)C(C(C)(C)C)c2cccc1c2O. The minimum Gasteiger partial charge on any atom is -0.507 e. The third-order valence-corrected chi connectivity index (χ3v) is 20.7. The molecule has 8 N–H and O–H groups in total. The summed E-state index contributed by atoms with van der Waals surface area (Å²) < 4.78 is 0. The van der Waals surface area contributed by atoms with Gasteiger partial charge < -0.3 is 40.9 Å². The molecule has 0 fully saturated rings. The van der Waals surface area contributed by atoms with Gasteiger partial charge in [0.2, 0.25) is 0 Å². The number of fused-ring (bicyclic) bond motifs is 16. The Labute approximate surface area is 575 Å². The van der Waals surface area contributed by atoms with E-state index in [0.29, 0.717) is 89.0 Å². The van der Waals surface area contributed by atoms with Crippen LogP contribution in [0.25, 0.3) is 0 Å². The van der Waals surface area contributed by atoms with Crippen molar-refractivity contribution in [2.45, 2.75) is 214 Å². The molecule has 0 aliphatic heterocycles. The molecule has 8 nitrogen and oxygen atoms in total. The van der Waals surface area contributed by atoms with Gasteiger partial charge in [-0.15, -0.1) is 0 Å². The van der Waals surface area contributed by atoms with E-state index in [1.807, 2.05) is 146 Å². The van der Waals surface area contributed by atoms with Crippen molar-refractivity contribution in [1.29, 1.82) is 0 Å². The molecule has 96 heavy (non-hydrogen) atoms. The lowest BCUT2D eigenvalue weighted by atomic mass is 9.65.